The number of hydrogen-bond donors (Lipinski definition) is 0. The molecule has 0 saturated heterocycles. The quantitative estimate of drug-likeness (QED) is 0.584. The Morgan fingerprint density at radius 2 is 2.05 bits per heavy atom. The van der Waals surface area contributed by atoms with Gasteiger partial charge in [0.25, 0.3) is 0 Å². The number of tetrazole rings is 1. The van der Waals surface area contributed by atoms with Gasteiger partial charge in [-0.1, -0.05) is 23.9 Å². The van der Waals surface area contributed by atoms with E-state index in [2.05, 4.69) is 20.3 Å². The fraction of sp³-hybridized carbons (Fsp3) is 0.333. The fourth-order valence-electron chi connectivity index (χ4n) is 1.46. The van der Waals surface area contributed by atoms with Crippen LogP contribution in [0.5, 0.6) is 5.75 Å². The minimum atomic E-state index is -0.386. The van der Waals surface area contributed by atoms with E-state index in [0.717, 1.165) is 11.3 Å². The van der Waals surface area contributed by atoms with E-state index in [0.29, 0.717) is 10.9 Å². The first-order chi connectivity index (χ1) is 9.72. The van der Waals surface area contributed by atoms with Crippen LogP contribution in [-0.2, 0) is 21.8 Å². The van der Waals surface area contributed by atoms with E-state index in [4.69, 9.17) is 4.74 Å². The number of rotatable bonds is 6. The largest absolute Gasteiger partial charge is 0.497 e. The molecular weight excluding hydrogens is 280 g/mol. The van der Waals surface area contributed by atoms with Gasteiger partial charge in [-0.15, -0.1) is 5.10 Å². The Labute approximate surface area is 120 Å². The van der Waals surface area contributed by atoms with Gasteiger partial charge in [-0.05, 0) is 28.1 Å². The van der Waals surface area contributed by atoms with E-state index in [1.165, 1.54) is 23.6 Å². The molecule has 0 bridgehead atoms. The molecule has 2 aromatic rings. The summed E-state index contributed by atoms with van der Waals surface area (Å²) in [5, 5.41) is 11.8. The molecule has 20 heavy (non-hydrogen) atoms. The maximum atomic E-state index is 11.2. The third kappa shape index (κ3) is 3.70. The Morgan fingerprint density at radius 3 is 2.70 bits per heavy atom. The molecule has 0 saturated carbocycles. The molecule has 1 aromatic carbocycles. The molecule has 0 aliphatic heterocycles. The minimum absolute atomic E-state index is 0.00838. The van der Waals surface area contributed by atoms with Crippen LogP contribution in [0, 0.1) is 0 Å². The molecule has 0 spiro atoms. The van der Waals surface area contributed by atoms with Crippen molar-refractivity contribution in [3.05, 3.63) is 29.8 Å². The van der Waals surface area contributed by atoms with E-state index in [9.17, 15) is 4.79 Å². The fourth-order valence-corrected chi connectivity index (χ4v) is 2.29. The predicted molar refractivity (Wildman–Crippen MR) is 72.4 cm³/mol. The van der Waals surface area contributed by atoms with E-state index in [1.54, 1.807) is 7.11 Å². The van der Waals surface area contributed by atoms with Crippen molar-refractivity contribution in [3.8, 4) is 5.75 Å². The van der Waals surface area contributed by atoms with Crippen LogP contribution in [-0.4, -0.2) is 40.4 Å². The molecule has 0 unspecified atom stereocenters. The van der Waals surface area contributed by atoms with Gasteiger partial charge >= 0.3 is 5.97 Å². The van der Waals surface area contributed by atoms with Crippen LogP contribution in [0.25, 0.3) is 0 Å². The number of aromatic nitrogens is 4. The van der Waals surface area contributed by atoms with Crippen LogP contribution in [0.1, 0.15) is 5.56 Å². The lowest BCUT2D eigenvalue weighted by molar-refractivity contribution is -0.141. The van der Waals surface area contributed by atoms with Crippen LogP contribution >= 0.6 is 11.8 Å². The van der Waals surface area contributed by atoms with Crippen LogP contribution < -0.4 is 4.74 Å². The highest BCUT2D eigenvalue weighted by atomic mass is 32.2. The first-order valence-electron chi connectivity index (χ1n) is 5.81. The normalized spacial score (nSPS) is 10.3. The summed E-state index contributed by atoms with van der Waals surface area (Å²) in [6, 6.07) is 7.74. The highest BCUT2D eigenvalue weighted by Gasteiger charge is 2.11. The SMILES string of the molecule is COC(=O)Cn1nnnc1SCc1ccc(OC)cc1. The van der Waals surface area contributed by atoms with Crippen molar-refractivity contribution in [2.24, 2.45) is 0 Å². The maximum Gasteiger partial charge on any atom is 0.327 e. The number of methoxy groups -OCH3 is 2. The third-order valence-electron chi connectivity index (χ3n) is 2.53. The van der Waals surface area contributed by atoms with Gasteiger partial charge in [0.05, 0.1) is 14.2 Å². The van der Waals surface area contributed by atoms with Crippen molar-refractivity contribution in [2.45, 2.75) is 17.5 Å². The number of ether oxygens (including phenoxy) is 2. The summed E-state index contributed by atoms with van der Waals surface area (Å²) >= 11 is 1.45. The number of esters is 1. The van der Waals surface area contributed by atoms with Gasteiger partial charge < -0.3 is 9.47 Å². The highest BCUT2D eigenvalue weighted by molar-refractivity contribution is 7.98. The molecule has 0 aliphatic carbocycles. The summed E-state index contributed by atoms with van der Waals surface area (Å²) in [5.41, 5.74) is 1.11. The summed E-state index contributed by atoms with van der Waals surface area (Å²) in [7, 11) is 2.96. The van der Waals surface area contributed by atoms with Crippen LogP contribution in [0.2, 0.25) is 0 Å². The summed E-state index contributed by atoms with van der Waals surface area (Å²) in [6.45, 7) is 0.00838. The van der Waals surface area contributed by atoms with Gasteiger partial charge in [0.15, 0.2) is 0 Å². The first kappa shape index (κ1) is 14.3. The van der Waals surface area contributed by atoms with Gasteiger partial charge in [0.1, 0.15) is 12.3 Å². The summed E-state index contributed by atoms with van der Waals surface area (Å²) < 4.78 is 11.1. The van der Waals surface area contributed by atoms with Gasteiger partial charge in [0.2, 0.25) is 5.16 Å². The smallest absolute Gasteiger partial charge is 0.327 e. The van der Waals surface area contributed by atoms with Crippen molar-refractivity contribution in [3.63, 3.8) is 0 Å². The van der Waals surface area contributed by atoms with Crippen molar-refractivity contribution in [1.82, 2.24) is 20.2 Å². The number of nitrogens with zero attached hydrogens (tertiary/aromatic N) is 4. The third-order valence-corrected chi connectivity index (χ3v) is 3.56. The zero-order chi connectivity index (χ0) is 14.4. The number of carbonyl (C=O) groups excluding carboxylic acids is 1. The molecule has 106 valence electrons. The monoisotopic (exact) mass is 294 g/mol. The van der Waals surface area contributed by atoms with Gasteiger partial charge in [-0.2, -0.15) is 0 Å². The highest BCUT2D eigenvalue weighted by Crippen LogP contribution is 2.21. The van der Waals surface area contributed by atoms with Crippen molar-refractivity contribution < 1.29 is 14.3 Å². The number of benzene rings is 1. The summed E-state index contributed by atoms with van der Waals surface area (Å²) in [4.78, 5) is 11.2. The van der Waals surface area contributed by atoms with E-state index in [1.807, 2.05) is 24.3 Å². The Bertz CT molecular complexity index is 570. The lowest BCUT2D eigenvalue weighted by Crippen LogP contribution is -2.13. The lowest BCUT2D eigenvalue weighted by atomic mass is 10.2. The van der Waals surface area contributed by atoms with Crippen LogP contribution in [0.3, 0.4) is 0 Å². The van der Waals surface area contributed by atoms with E-state index >= 15 is 0 Å². The van der Waals surface area contributed by atoms with Crippen molar-refractivity contribution in [2.75, 3.05) is 14.2 Å². The first-order valence-corrected chi connectivity index (χ1v) is 6.80. The number of carbonyl (C=O) groups is 1. The molecule has 7 nitrogen and oxygen atoms in total. The molecule has 0 atom stereocenters. The van der Waals surface area contributed by atoms with E-state index < -0.39 is 0 Å². The van der Waals surface area contributed by atoms with Crippen LogP contribution in [0.15, 0.2) is 29.4 Å². The molecule has 8 heteroatoms. The van der Waals surface area contributed by atoms with Gasteiger partial charge in [-0.3, -0.25) is 4.79 Å². The maximum absolute atomic E-state index is 11.2. The second kappa shape index (κ2) is 6.90. The molecule has 0 radical (unpaired) electrons. The summed E-state index contributed by atoms with van der Waals surface area (Å²) in [5.74, 6) is 1.13. The van der Waals surface area contributed by atoms with Crippen molar-refractivity contribution in [1.29, 1.82) is 0 Å². The molecule has 0 amide bonds. The second-order valence-corrected chi connectivity index (χ2v) is 4.77. The molecule has 1 aromatic heterocycles. The Morgan fingerprint density at radius 1 is 1.30 bits per heavy atom. The molecule has 0 aliphatic rings. The molecule has 2 rings (SSSR count). The topological polar surface area (TPSA) is 79.1 Å². The van der Waals surface area contributed by atoms with Crippen molar-refractivity contribution >= 4 is 17.7 Å². The Hall–Kier alpha value is -2.09. The number of hydrogen-bond acceptors (Lipinski definition) is 7. The standard InChI is InChI=1S/C12H14N4O3S/c1-18-10-5-3-9(4-6-10)8-20-12-13-14-15-16(12)7-11(17)19-2/h3-6H,7-8H2,1-2H3. The lowest BCUT2D eigenvalue weighted by Gasteiger charge is -2.04. The molecule has 1 heterocycles. The molecular formula is C12H14N4O3S. The van der Waals surface area contributed by atoms with E-state index in [-0.39, 0.29) is 12.5 Å². The predicted octanol–water partition coefficient (Wildman–Crippen LogP) is 1.15. The summed E-state index contributed by atoms with van der Waals surface area (Å²) in [6.07, 6.45) is 0. The average Bonchev–Trinajstić information content (AvgIpc) is 2.92. The second-order valence-electron chi connectivity index (χ2n) is 3.83. The molecule has 0 N–H and O–H groups in total. The zero-order valence-corrected chi connectivity index (χ0v) is 12.0. The Kier molecular flexibility index (Phi) is 4.94. The minimum Gasteiger partial charge on any atom is -0.497 e. The van der Waals surface area contributed by atoms with Crippen LogP contribution in [0.4, 0.5) is 0 Å². The zero-order valence-electron chi connectivity index (χ0n) is 11.1. The number of thioether (sulfide) groups is 1. The average molecular weight is 294 g/mol. The molecule has 0 fully saturated rings. The Balaban J connectivity index is 1.96. The van der Waals surface area contributed by atoms with Gasteiger partial charge in [-0.25, -0.2) is 4.68 Å². The van der Waals surface area contributed by atoms with Gasteiger partial charge in [0, 0.05) is 5.75 Å².